The van der Waals surface area contributed by atoms with Crippen molar-refractivity contribution < 1.29 is 23.5 Å². The number of alkyl carbamates (subject to hydrolysis) is 1. The number of hydrogen-bond donors (Lipinski definition) is 1. The number of carbonyl (C=O) groups is 2. The maximum atomic E-state index is 12.4. The van der Waals surface area contributed by atoms with E-state index in [9.17, 15) is 9.59 Å². The highest BCUT2D eigenvalue weighted by Crippen LogP contribution is 2.38. The van der Waals surface area contributed by atoms with E-state index in [1.807, 2.05) is 42.5 Å². The second-order valence-corrected chi connectivity index (χ2v) is 14.1. The van der Waals surface area contributed by atoms with E-state index in [1.165, 1.54) is 6.92 Å². The van der Waals surface area contributed by atoms with E-state index in [2.05, 4.69) is 39.2 Å². The lowest BCUT2D eigenvalue weighted by molar-refractivity contribution is -0.144. The molecule has 3 atom stereocenters. The van der Waals surface area contributed by atoms with Gasteiger partial charge >= 0.3 is 12.1 Å². The summed E-state index contributed by atoms with van der Waals surface area (Å²) in [5, 5.41) is 3.00. The van der Waals surface area contributed by atoms with E-state index >= 15 is 0 Å². The highest BCUT2D eigenvalue weighted by Gasteiger charge is 2.39. The highest BCUT2D eigenvalue weighted by molar-refractivity contribution is 6.74. The van der Waals surface area contributed by atoms with Crippen molar-refractivity contribution in [3.05, 3.63) is 48.0 Å². The van der Waals surface area contributed by atoms with Crippen LogP contribution in [0.15, 0.2) is 42.5 Å². The zero-order chi connectivity index (χ0) is 22.4. The lowest BCUT2D eigenvalue weighted by Gasteiger charge is -2.39. The topological polar surface area (TPSA) is 73.9 Å². The first-order chi connectivity index (χ1) is 14.0. The maximum Gasteiger partial charge on any atom is 0.407 e. The van der Waals surface area contributed by atoms with Gasteiger partial charge in [0.2, 0.25) is 0 Å². The Morgan fingerprint density at radius 3 is 2.27 bits per heavy atom. The summed E-state index contributed by atoms with van der Waals surface area (Å²) in [7, 11) is -2.00. The largest absolute Gasteiger partial charge is 0.458 e. The summed E-state index contributed by atoms with van der Waals surface area (Å²) < 4.78 is 17.3. The van der Waals surface area contributed by atoms with Crippen molar-refractivity contribution in [2.24, 2.45) is 0 Å². The molecule has 6 nitrogen and oxygen atoms in total. The summed E-state index contributed by atoms with van der Waals surface area (Å²) >= 11 is 0. The Hall–Kier alpha value is -2.12. The van der Waals surface area contributed by atoms with Crippen LogP contribution in [0.5, 0.6) is 0 Å². The predicted molar refractivity (Wildman–Crippen MR) is 120 cm³/mol. The maximum absolute atomic E-state index is 12.4. The second-order valence-electron chi connectivity index (χ2n) is 9.32. The Morgan fingerprint density at radius 2 is 1.67 bits per heavy atom. The summed E-state index contributed by atoms with van der Waals surface area (Å²) in [4.78, 5) is 23.8. The first kappa shape index (κ1) is 24.1. The number of amides is 1. The number of carbonyl (C=O) groups excluding carboxylic acids is 2. The molecule has 0 aliphatic heterocycles. The number of ether oxygens (including phenoxy) is 2. The van der Waals surface area contributed by atoms with Gasteiger partial charge in [-0.3, -0.25) is 4.79 Å². The zero-order valence-corrected chi connectivity index (χ0v) is 19.9. The lowest BCUT2D eigenvalue weighted by atomic mass is 10.1. The molecule has 2 rings (SSSR count). The van der Waals surface area contributed by atoms with Gasteiger partial charge < -0.3 is 19.2 Å². The fourth-order valence-corrected chi connectivity index (χ4v) is 4.34. The standard InChI is InChI=1S/C23H35NO5Si/c1-17(25)28-20-12-13-21(29-30(5,6)23(2,3)4)15-19(14-20)24-22(26)27-16-18-10-8-7-9-11-18/h7-13,19-21H,14-16H2,1-6H3,(H,24,26)/t19-,20-,21+/m1/s1. The van der Waals surface area contributed by atoms with Crippen molar-refractivity contribution in [3.63, 3.8) is 0 Å². The van der Waals surface area contributed by atoms with Gasteiger partial charge in [-0.1, -0.05) is 57.2 Å². The van der Waals surface area contributed by atoms with E-state index in [1.54, 1.807) is 0 Å². The minimum Gasteiger partial charge on any atom is -0.458 e. The van der Waals surface area contributed by atoms with Crippen LogP contribution in [0.4, 0.5) is 4.79 Å². The van der Waals surface area contributed by atoms with Crippen molar-refractivity contribution in [1.29, 1.82) is 0 Å². The van der Waals surface area contributed by atoms with Crippen molar-refractivity contribution >= 4 is 20.4 Å². The van der Waals surface area contributed by atoms with Crippen LogP contribution in [0, 0.1) is 0 Å². The number of benzene rings is 1. The third-order valence-corrected chi connectivity index (χ3v) is 10.2. The summed E-state index contributed by atoms with van der Waals surface area (Å²) in [6.07, 6.45) is 3.86. The molecule has 166 valence electrons. The smallest absolute Gasteiger partial charge is 0.407 e. The number of hydrogen-bond acceptors (Lipinski definition) is 5. The molecule has 1 aromatic rings. The van der Waals surface area contributed by atoms with Crippen molar-refractivity contribution in [3.8, 4) is 0 Å². The molecular formula is C23H35NO5Si. The average molecular weight is 434 g/mol. The van der Waals surface area contributed by atoms with Gasteiger partial charge in [-0.15, -0.1) is 0 Å². The van der Waals surface area contributed by atoms with Crippen molar-refractivity contribution in [2.75, 3.05) is 0 Å². The molecule has 0 heterocycles. The monoisotopic (exact) mass is 433 g/mol. The minimum absolute atomic E-state index is 0.0694. The Labute approximate surface area is 181 Å². The van der Waals surface area contributed by atoms with Crippen LogP contribution in [0.2, 0.25) is 18.1 Å². The molecule has 0 saturated heterocycles. The fourth-order valence-electron chi connectivity index (χ4n) is 3.05. The highest BCUT2D eigenvalue weighted by atomic mass is 28.4. The van der Waals surface area contributed by atoms with Gasteiger partial charge in [0.05, 0.1) is 6.10 Å². The third-order valence-electron chi connectivity index (χ3n) is 5.68. The molecule has 30 heavy (non-hydrogen) atoms. The zero-order valence-electron chi connectivity index (χ0n) is 18.9. The van der Waals surface area contributed by atoms with E-state index in [0.29, 0.717) is 12.8 Å². The summed E-state index contributed by atoms with van der Waals surface area (Å²) in [5.41, 5.74) is 0.923. The summed E-state index contributed by atoms with van der Waals surface area (Å²) in [5.74, 6) is -0.348. The third kappa shape index (κ3) is 7.61. The quantitative estimate of drug-likeness (QED) is 0.390. The molecule has 1 aromatic carbocycles. The summed E-state index contributed by atoms with van der Waals surface area (Å²) in [6, 6.07) is 9.30. The molecule has 1 aliphatic rings. The van der Waals surface area contributed by atoms with Gasteiger partial charge in [-0.25, -0.2) is 4.79 Å². The fraction of sp³-hybridized carbons (Fsp3) is 0.565. The molecule has 1 aliphatic carbocycles. The molecule has 0 aromatic heterocycles. The van der Waals surface area contributed by atoms with Crippen LogP contribution in [0.3, 0.4) is 0 Å². The summed E-state index contributed by atoms with van der Waals surface area (Å²) in [6.45, 7) is 12.6. The second kappa shape index (κ2) is 10.3. The molecule has 0 saturated carbocycles. The van der Waals surface area contributed by atoms with Crippen LogP contribution >= 0.6 is 0 Å². The Balaban J connectivity index is 2.04. The normalized spacial score (nSPS) is 22.1. The van der Waals surface area contributed by atoms with E-state index in [4.69, 9.17) is 13.9 Å². The first-order valence-corrected chi connectivity index (χ1v) is 13.4. The predicted octanol–water partition coefficient (Wildman–Crippen LogP) is 4.95. The molecule has 0 unspecified atom stereocenters. The van der Waals surface area contributed by atoms with Gasteiger partial charge in [0, 0.05) is 19.4 Å². The van der Waals surface area contributed by atoms with E-state index in [-0.39, 0.29) is 29.8 Å². The van der Waals surface area contributed by atoms with Gasteiger partial charge in [-0.05, 0) is 36.2 Å². The van der Waals surface area contributed by atoms with Crippen molar-refractivity contribution in [1.82, 2.24) is 5.32 Å². The SMILES string of the molecule is CC(=O)O[C@@H]1C=C[C@H](O[Si](C)(C)C(C)(C)C)C[C@H](NC(=O)OCc2ccccc2)C1. The molecule has 0 fully saturated rings. The Bertz CT molecular complexity index is 742. The number of rotatable bonds is 6. The minimum atomic E-state index is -2.00. The number of nitrogens with one attached hydrogen (secondary N) is 1. The number of esters is 1. The molecule has 0 bridgehead atoms. The van der Waals surface area contributed by atoms with Crippen LogP contribution < -0.4 is 5.32 Å². The van der Waals surface area contributed by atoms with E-state index < -0.39 is 20.5 Å². The Kier molecular flexibility index (Phi) is 8.26. The average Bonchev–Trinajstić information content (AvgIpc) is 2.80. The molecule has 7 heteroatoms. The van der Waals surface area contributed by atoms with Crippen LogP contribution in [0.25, 0.3) is 0 Å². The van der Waals surface area contributed by atoms with Gasteiger partial charge in [-0.2, -0.15) is 0 Å². The van der Waals surface area contributed by atoms with Gasteiger partial charge in [0.25, 0.3) is 0 Å². The molecule has 1 N–H and O–H groups in total. The van der Waals surface area contributed by atoms with E-state index in [0.717, 1.165) is 5.56 Å². The van der Waals surface area contributed by atoms with Gasteiger partial charge in [0.1, 0.15) is 12.7 Å². The van der Waals surface area contributed by atoms with Crippen LogP contribution in [-0.2, 0) is 25.3 Å². The first-order valence-electron chi connectivity index (χ1n) is 10.5. The lowest BCUT2D eigenvalue weighted by Crippen LogP contribution is -2.45. The van der Waals surface area contributed by atoms with Crippen molar-refractivity contribution in [2.45, 2.75) is 83.5 Å². The van der Waals surface area contributed by atoms with Crippen LogP contribution in [0.1, 0.15) is 46.1 Å². The molecular weight excluding hydrogens is 398 g/mol. The molecule has 0 spiro atoms. The molecule has 1 amide bonds. The molecule has 0 radical (unpaired) electrons. The Morgan fingerprint density at radius 1 is 1.07 bits per heavy atom. The van der Waals surface area contributed by atoms with Crippen LogP contribution in [-0.4, -0.2) is 38.6 Å². The van der Waals surface area contributed by atoms with Gasteiger partial charge in [0.15, 0.2) is 8.32 Å².